The number of hydrogen-bond donors (Lipinski definition) is 1. The maximum atomic E-state index is 12.5. The van der Waals surface area contributed by atoms with Crippen LogP contribution in [0.25, 0.3) is 0 Å². The Morgan fingerprint density at radius 1 is 1.04 bits per heavy atom. The molecule has 2 rings (SSSR count). The van der Waals surface area contributed by atoms with Crippen molar-refractivity contribution in [2.75, 3.05) is 25.0 Å². The molecule has 0 aliphatic rings. The van der Waals surface area contributed by atoms with Crippen molar-refractivity contribution in [3.8, 4) is 11.5 Å². The Bertz CT molecular complexity index is 743. The highest BCUT2D eigenvalue weighted by Gasteiger charge is 2.11. The summed E-state index contributed by atoms with van der Waals surface area (Å²) in [5, 5.41) is 3.26. The first-order chi connectivity index (χ1) is 12.6. The summed E-state index contributed by atoms with van der Waals surface area (Å²) >= 11 is 5.29. The molecule has 0 aromatic heterocycles. The van der Waals surface area contributed by atoms with Crippen LogP contribution in [0.3, 0.4) is 0 Å². The summed E-state index contributed by atoms with van der Waals surface area (Å²) in [7, 11) is 0. The Hall–Kier alpha value is -2.60. The van der Waals surface area contributed by atoms with Gasteiger partial charge in [-0.2, -0.15) is 0 Å². The van der Waals surface area contributed by atoms with Gasteiger partial charge in [0.05, 0.1) is 6.61 Å². The van der Waals surface area contributed by atoms with Gasteiger partial charge >= 0.3 is 0 Å². The van der Waals surface area contributed by atoms with Gasteiger partial charge in [-0.05, 0) is 75.5 Å². The average Bonchev–Trinajstić information content (AvgIpc) is 2.65. The number of thiocarbonyl (C=S) groups is 1. The van der Waals surface area contributed by atoms with Crippen LogP contribution in [0.5, 0.6) is 11.5 Å². The van der Waals surface area contributed by atoms with Gasteiger partial charge in [0.1, 0.15) is 11.5 Å². The number of anilines is 1. The molecule has 0 atom stereocenters. The van der Waals surface area contributed by atoms with Crippen LogP contribution in [0, 0.1) is 0 Å². The number of carbonyl (C=O) groups is 1. The minimum absolute atomic E-state index is 0.214. The summed E-state index contributed by atoms with van der Waals surface area (Å²) in [5.74, 6) is 1.10. The van der Waals surface area contributed by atoms with Crippen LogP contribution in [0.1, 0.15) is 31.1 Å². The number of rotatable bonds is 7. The molecule has 0 heterocycles. The van der Waals surface area contributed by atoms with Crippen molar-refractivity contribution in [3.05, 3.63) is 54.1 Å². The molecule has 0 aliphatic carbocycles. The van der Waals surface area contributed by atoms with Gasteiger partial charge in [0.2, 0.25) is 0 Å². The Morgan fingerprint density at radius 2 is 1.73 bits per heavy atom. The lowest BCUT2D eigenvalue weighted by molar-refractivity contribution is 0.102. The number of nitrogens with one attached hydrogen (secondary N) is 1. The van der Waals surface area contributed by atoms with Crippen molar-refractivity contribution in [1.82, 2.24) is 4.90 Å². The van der Waals surface area contributed by atoms with Gasteiger partial charge in [0.15, 0.2) is 0 Å². The maximum absolute atomic E-state index is 12.5. The standard InChI is InChI=1S/C20H24N2O3S/c1-4-22(5-2)20(26)25-18-9-7-8-15(14-18)19(23)21-16-10-12-17(13-11-16)24-6-3/h7-14H,4-6H2,1-3H3,(H,21,23). The number of ether oxygens (including phenoxy) is 2. The van der Waals surface area contributed by atoms with Gasteiger partial charge in [-0.3, -0.25) is 4.79 Å². The van der Waals surface area contributed by atoms with E-state index in [9.17, 15) is 4.79 Å². The summed E-state index contributed by atoms with van der Waals surface area (Å²) in [4.78, 5) is 14.4. The Morgan fingerprint density at radius 3 is 2.35 bits per heavy atom. The lowest BCUT2D eigenvalue weighted by atomic mass is 10.2. The van der Waals surface area contributed by atoms with Crippen molar-refractivity contribution in [1.29, 1.82) is 0 Å². The fraction of sp³-hybridized carbons (Fsp3) is 0.300. The highest BCUT2D eigenvalue weighted by molar-refractivity contribution is 7.80. The topological polar surface area (TPSA) is 50.8 Å². The fourth-order valence-corrected chi connectivity index (χ4v) is 2.71. The van der Waals surface area contributed by atoms with Crippen LogP contribution < -0.4 is 14.8 Å². The molecule has 0 spiro atoms. The normalized spacial score (nSPS) is 10.1. The van der Waals surface area contributed by atoms with Gasteiger partial charge in [-0.1, -0.05) is 6.07 Å². The van der Waals surface area contributed by atoms with Gasteiger partial charge in [0, 0.05) is 24.3 Å². The van der Waals surface area contributed by atoms with Crippen molar-refractivity contribution < 1.29 is 14.3 Å². The third kappa shape index (κ3) is 5.46. The van der Waals surface area contributed by atoms with Crippen LogP contribution in [-0.4, -0.2) is 35.7 Å². The zero-order valence-electron chi connectivity index (χ0n) is 15.3. The van der Waals surface area contributed by atoms with Crippen LogP contribution in [0.15, 0.2) is 48.5 Å². The summed E-state index contributed by atoms with van der Waals surface area (Å²) in [6.07, 6.45) is 0. The highest BCUT2D eigenvalue weighted by atomic mass is 32.1. The van der Waals surface area contributed by atoms with E-state index in [1.54, 1.807) is 36.4 Å². The number of hydrogen-bond acceptors (Lipinski definition) is 4. The van der Waals surface area contributed by atoms with Crippen molar-refractivity contribution in [2.24, 2.45) is 0 Å². The Labute approximate surface area is 159 Å². The molecule has 5 nitrogen and oxygen atoms in total. The first-order valence-corrected chi connectivity index (χ1v) is 9.09. The maximum Gasteiger partial charge on any atom is 0.264 e. The zero-order valence-corrected chi connectivity index (χ0v) is 16.1. The lowest BCUT2D eigenvalue weighted by Crippen LogP contribution is -2.32. The molecule has 0 aliphatic heterocycles. The number of nitrogens with zero attached hydrogens (tertiary/aromatic N) is 1. The molecule has 0 saturated heterocycles. The van der Waals surface area contributed by atoms with E-state index in [4.69, 9.17) is 21.7 Å². The Kier molecular flexibility index (Phi) is 7.41. The average molecular weight is 372 g/mol. The van der Waals surface area contributed by atoms with Gasteiger partial charge in [-0.25, -0.2) is 0 Å². The van der Waals surface area contributed by atoms with Gasteiger partial charge in [0.25, 0.3) is 11.1 Å². The van der Waals surface area contributed by atoms with E-state index < -0.39 is 0 Å². The zero-order chi connectivity index (χ0) is 18.9. The van der Waals surface area contributed by atoms with E-state index >= 15 is 0 Å². The van der Waals surface area contributed by atoms with Crippen molar-refractivity contribution in [2.45, 2.75) is 20.8 Å². The second-order valence-corrected chi connectivity index (χ2v) is 5.83. The summed E-state index contributed by atoms with van der Waals surface area (Å²) in [6.45, 7) is 8.10. The fourth-order valence-electron chi connectivity index (χ4n) is 2.35. The SMILES string of the molecule is CCOc1ccc(NC(=O)c2cccc(OC(=S)N(CC)CC)c2)cc1. The molecule has 1 N–H and O–H groups in total. The van der Waals surface area contributed by atoms with Crippen molar-refractivity contribution >= 4 is 29.0 Å². The molecule has 26 heavy (non-hydrogen) atoms. The first kappa shape index (κ1) is 19.7. The van der Waals surface area contributed by atoms with E-state index in [2.05, 4.69) is 5.32 Å². The minimum atomic E-state index is -0.214. The quantitative estimate of drug-likeness (QED) is 0.733. The molecule has 1 amide bonds. The summed E-state index contributed by atoms with van der Waals surface area (Å²) in [5.41, 5.74) is 1.20. The predicted molar refractivity (Wildman–Crippen MR) is 108 cm³/mol. The van der Waals surface area contributed by atoms with E-state index in [1.165, 1.54) is 0 Å². The molecule has 2 aromatic carbocycles. The largest absolute Gasteiger partial charge is 0.494 e. The molecule has 0 bridgehead atoms. The van der Waals surface area contributed by atoms with E-state index in [1.807, 2.05) is 37.8 Å². The smallest absolute Gasteiger partial charge is 0.264 e. The third-order valence-corrected chi connectivity index (χ3v) is 4.09. The second-order valence-electron chi connectivity index (χ2n) is 5.48. The number of carbonyl (C=O) groups excluding carboxylic acids is 1. The molecule has 138 valence electrons. The molecule has 0 saturated carbocycles. The molecule has 0 radical (unpaired) electrons. The number of amides is 1. The molecule has 0 fully saturated rings. The van der Waals surface area contributed by atoms with Crippen molar-refractivity contribution in [3.63, 3.8) is 0 Å². The summed E-state index contributed by atoms with van der Waals surface area (Å²) in [6, 6.07) is 14.2. The molecular weight excluding hydrogens is 348 g/mol. The van der Waals surface area contributed by atoms with E-state index in [-0.39, 0.29) is 5.91 Å². The van der Waals surface area contributed by atoms with E-state index in [0.29, 0.717) is 28.8 Å². The predicted octanol–water partition coefficient (Wildman–Crippen LogP) is 4.34. The van der Waals surface area contributed by atoms with Crippen LogP contribution >= 0.6 is 12.2 Å². The molecule has 6 heteroatoms. The monoisotopic (exact) mass is 372 g/mol. The lowest BCUT2D eigenvalue weighted by Gasteiger charge is -2.21. The van der Waals surface area contributed by atoms with Crippen LogP contribution in [0.4, 0.5) is 5.69 Å². The summed E-state index contributed by atoms with van der Waals surface area (Å²) < 4.78 is 11.1. The third-order valence-electron chi connectivity index (χ3n) is 3.75. The molecular formula is C20H24N2O3S. The van der Waals surface area contributed by atoms with Gasteiger partial charge < -0.3 is 19.7 Å². The second kappa shape index (κ2) is 9.77. The van der Waals surface area contributed by atoms with Crippen LogP contribution in [-0.2, 0) is 0 Å². The molecule has 0 unspecified atom stereocenters. The van der Waals surface area contributed by atoms with E-state index in [0.717, 1.165) is 18.8 Å². The first-order valence-electron chi connectivity index (χ1n) is 8.68. The highest BCUT2D eigenvalue weighted by Crippen LogP contribution is 2.19. The minimum Gasteiger partial charge on any atom is -0.494 e. The Balaban J connectivity index is 2.04. The number of benzene rings is 2. The van der Waals surface area contributed by atoms with Gasteiger partial charge in [-0.15, -0.1) is 0 Å². The molecule has 2 aromatic rings. The van der Waals surface area contributed by atoms with Crippen LogP contribution in [0.2, 0.25) is 0 Å².